The summed E-state index contributed by atoms with van der Waals surface area (Å²) in [7, 11) is 0. The first-order valence-electron chi connectivity index (χ1n) is 10.4. The van der Waals surface area contributed by atoms with Crippen molar-refractivity contribution in [2.75, 3.05) is 23.3 Å². The highest BCUT2D eigenvalue weighted by molar-refractivity contribution is 7.99. The largest absolute Gasteiger partial charge is 0.358 e. The summed E-state index contributed by atoms with van der Waals surface area (Å²) in [4.78, 5) is 20.3. The normalized spacial score (nSPS) is 14.0. The average Bonchev–Trinajstić information content (AvgIpc) is 3.09. The Kier molecular flexibility index (Phi) is 7.62. The number of benzene rings is 1. The SMILES string of the molecule is S=C(NCc1ccccc1)Nc1nc(Sc2ncccn2)cc(N2CCCCCC2)n1. The predicted octanol–water partition coefficient (Wildman–Crippen LogP) is 4.28. The van der Waals surface area contributed by atoms with Gasteiger partial charge in [-0.05, 0) is 48.5 Å². The summed E-state index contributed by atoms with van der Waals surface area (Å²) in [6.45, 7) is 2.64. The summed E-state index contributed by atoms with van der Waals surface area (Å²) in [6.07, 6.45) is 8.34. The lowest BCUT2D eigenvalue weighted by Gasteiger charge is -2.22. The molecule has 0 spiro atoms. The maximum Gasteiger partial charge on any atom is 0.232 e. The Hall–Kier alpha value is -2.78. The summed E-state index contributed by atoms with van der Waals surface area (Å²) in [5.74, 6) is 1.38. The third-order valence-electron chi connectivity index (χ3n) is 4.88. The molecular weight excluding hydrogens is 426 g/mol. The van der Waals surface area contributed by atoms with Gasteiger partial charge < -0.3 is 15.5 Å². The zero-order chi connectivity index (χ0) is 21.3. The van der Waals surface area contributed by atoms with Crippen molar-refractivity contribution in [3.8, 4) is 0 Å². The lowest BCUT2D eigenvalue weighted by molar-refractivity contribution is 0.726. The van der Waals surface area contributed by atoms with Gasteiger partial charge in [-0.25, -0.2) is 15.0 Å². The van der Waals surface area contributed by atoms with Crippen LogP contribution in [0.3, 0.4) is 0 Å². The Labute approximate surface area is 192 Å². The molecule has 7 nitrogen and oxygen atoms in total. The van der Waals surface area contributed by atoms with Crippen molar-refractivity contribution in [3.63, 3.8) is 0 Å². The molecule has 0 aliphatic carbocycles. The van der Waals surface area contributed by atoms with Gasteiger partial charge in [-0.2, -0.15) is 4.98 Å². The van der Waals surface area contributed by atoms with Crippen LogP contribution in [0.15, 0.2) is 65.0 Å². The van der Waals surface area contributed by atoms with Crippen molar-refractivity contribution in [3.05, 3.63) is 60.4 Å². The molecule has 1 aromatic carbocycles. The minimum absolute atomic E-state index is 0.478. The van der Waals surface area contributed by atoms with Gasteiger partial charge in [0.25, 0.3) is 0 Å². The van der Waals surface area contributed by atoms with E-state index in [1.165, 1.54) is 37.4 Å². The molecule has 1 fully saturated rings. The van der Waals surface area contributed by atoms with E-state index in [1.54, 1.807) is 18.5 Å². The van der Waals surface area contributed by atoms with Crippen LogP contribution in [0.1, 0.15) is 31.2 Å². The van der Waals surface area contributed by atoms with Gasteiger partial charge in [-0.3, -0.25) is 0 Å². The maximum absolute atomic E-state index is 5.48. The first-order chi connectivity index (χ1) is 15.3. The highest BCUT2D eigenvalue weighted by Gasteiger charge is 2.15. The molecule has 0 amide bonds. The van der Waals surface area contributed by atoms with E-state index in [0.29, 0.717) is 22.8 Å². The molecule has 3 heterocycles. The number of anilines is 2. The first kappa shape index (κ1) is 21.5. The van der Waals surface area contributed by atoms with Crippen molar-refractivity contribution in [2.45, 2.75) is 42.4 Å². The van der Waals surface area contributed by atoms with Crippen molar-refractivity contribution in [1.82, 2.24) is 25.3 Å². The van der Waals surface area contributed by atoms with Crippen molar-refractivity contribution in [2.24, 2.45) is 0 Å². The van der Waals surface area contributed by atoms with E-state index in [0.717, 1.165) is 29.5 Å². The summed E-state index contributed by atoms with van der Waals surface area (Å²) in [5.41, 5.74) is 1.16. The molecule has 2 aromatic heterocycles. The molecule has 0 radical (unpaired) electrons. The number of nitrogens with zero attached hydrogens (tertiary/aromatic N) is 5. The van der Waals surface area contributed by atoms with E-state index >= 15 is 0 Å². The van der Waals surface area contributed by atoms with Gasteiger partial charge in [0.15, 0.2) is 10.3 Å². The number of hydrogen-bond acceptors (Lipinski definition) is 7. The van der Waals surface area contributed by atoms with Gasteiger partial charge in [-0.1, -0.05) is 43.2 Å². The Morgan fingerprint density at radius 2 is 1.71 bits per heavy atom. The summed E-state index contributed by atoms with van der Waals surface area (Å²) < 4.78 is 0. The van der Waals surface area contributed by atoms with Crippen LogP contribution in [0.4, 0.5) is 11.8 Å². The Morgan fingerprint density at radius 3 is 2.45 bits per heavy atom. The second kappa shape index (κ2) is 11.0. The molecule has 0 bridgehead atoms. The van der Waals surface area contributed by atoms with Crippen LogP contribution >= 0.6 is 24.0 Å². The summed E-state index contributed by atoms with van der Waals surface area (Å²) in [6, 6.07) is 13.9. The fourth-order valence-corrected chi connectivity index (χ4v) is 4.21. The molecule has 3 aromatic rings. The first-order valence-corrected chi connectivity index (χ1v) is 11.7. The van der Waals surface area contributed by atoms with Crippen molar-refractivity contribution in [1.29, 1.82) is 0 Å². The molecule has 1 saturated heterocycles. The number of aromatic nitrogens is 4. The second-order valence-electron chi connectivity index (χ2n) is 7.22. The van der Waals surface area contributed by atoms with E-state index in [4.69, 9.17) is 17.2 Å². The smallest absolute Gasteiger partial charge is 0.232 e. The third kappa shape index (κ3) is 6.60. The molecule has 2 N–H and O–H groups in total. The fraction of sp³-hybridized carbons (Fsp3) is 0.318. The van der Waals surface area contributed by atoms with E-state index in [-0.39, 0.29) is 0 Å². The number of rotatable bonds is 6. The van der Waals surface area contributed by atoms with Crippen LogP contribution in [-0.4, -0.2) is 38.1 Å². The van der Waals surface area contributed by atoms with Gasteiger partial charge in [-0.15, -0.1) is 0 Å². The van der Waals surface area contributed by atoms with Gasteiger partial charge in [0, 0.05) is 38.1 Å². The Bertz CT molecular complexity index is 978. The Morgan fingerprint density at radius 1 is 0.968 bits per heavy atom. The monoisotopic (exact) mass is 451 g/mol. The molecular formula is C22H25N7S2. The molecule has 31 heavy (non-hydrogen) atoms. The summed E-state index contributed by atoms with van der Waals surface area (Å²) in [5, 5.41) is 8.30. The van der Waals surface area contributed by atoms with Crippen LogP contribution in [0.2, 0.25) is 0 Å². The number of thiocarbonyl (C=S) groups is 1. The fourth-order valence-electron chi connectivity index (χ4n) is 3.34. The van der Waals surface area contributed by atoms with E-state index in [1.807, 2.05) is 24.3 Å². The Balaban J connectivity index is 1.51. The number of hydrogen-bond donors (Lipinski definition) is 2. The molecule has 9 heteroatoms. The van der Waals surface area contributed by atoms with Crippen LogP contribution in [0, 0.1) is 0 Å². The topological polar surface area (TPSA) is 78.9 Å². The molecule has 160 valence electrons. The highest BCUT2D eigenvalue weighted by atomic mass is 32.2. The standard InChI is InChI=1S/C22H25N7S2/c30-21(25-16-17-9-4-3-5-10-17)28-20-26-18(29-13-6-1-2-7-14-29)15-19(27-20)31-22-23-11-8-12-24-22/h3-5,8-12,15H,1-2,6-7,13-14,16H2,(H2,25,26,27,28,30). The van der Waals surface area contributed by atoms with Gasteiger partial charge in [0.2, 0.25) is 5.95 Å². The second-order valence-corrected chi connectivity index (χ2v) is 8.61. The van der Waals surface area contributed by atoms with Crippen LogP contribution in [-0.2, 0) is 6.54 Å². The molecule has 0 atom stereocenters. The van der Waals surface area contributed by atoms with Crippen LogP contribution < -0.4 is 15.5 Å². The quantitative estimate of drug-likeness (QED) is 0.324. The third-order valence-corrected chi connectivity index (χ3v) is 5.94. The van der Waals surface area contributed by atoms with Gasteiger partial charge in [0.1, 0.15) is 10.8 Å². The van der Waals surface area contributed by atoms with E-state index in [9.17, 15) is 0 Å². The molecule has 0 unspecified atom stereocenters. The zero-order valence-electron chi connectivity index (χ0n) is 17.2. The maximum atomic E-state index is 5.48. The predicted molar refractivity (Wildman–Crippen MR) is 128 cm³/mol. The lowest BCUT2D eigenvalue weighted by Crippen LogP contribution is -2.30. The average molecular weight is 452 g/mol. The van der Waals surface area contributed by atoms with E-state index < -0.39 is 0 Å². The van der Waals surface area contributed by atoms with Crippen LogP contribution in [0.5, 0.6) is 0 Å². The minimum atomic E-state index is 0.478. The number of nitrogens with one attached hydrogen (secondary N) is 2. The minimum Gasteiger partial charge on any atom is -0.358 e. The highest BCUT2D eigenvalue weighted by Crippen LogP contribution is 2.28. The van der Waals surface area contributed by atoms with Gasteiger partial charge in [0.05, 0.1) is 0 Å². The van der Waals surface area contributed by atoms with Crippen molar-refractivity contribution >= 4 is 40.9 Å². The molecule has 0 saturated carbocycles. The molecule has 4 rings (SSSR count). The van der Waals surface area contributed by atoms with Gasteiger partial charge >= 0.3 is 0 Å². The summed E-state index contributed by atoms with van der Waals surface area (Å²) >= 11 is 6.90. The molecule has 1 aliphatic heterocycles. The molecule has 1 aliphatic rings. The van der Waals surface area contributed by atoms with Crippen molar-refractivity contribution < 1.29 is 0 Å². The lowest BCUT2D eigenvalue weighted by atomic mass is 10.2. The zero-order valence-corrected chi connectivity index (χ0v) is 18.8. The van der Waals surface area contributed by atoms with E-state index in [2.05, 4.69) is 42.6 Å². The van der Waals surface area contributed by atoms with Crippen LogP contribution in [0.25, 0.3) is 0 Å².